The Morgan fingerprint density at radius 3 is 2.55 bits per heavy atom. The van der Waals surface area contributed by atoms with Crippen LogP contribution in [0, 0.1) is 11.8 Å². The molecule has 178 valence electrons. The molecule has 0 fully saturated rings. The van der Waals surface area contributed by atoms with Gasteiger partial charge in [0.05, 0.1) is 25.9 Å². The molecule has 2 N–H and O–H groups in total. The van der Waals surface area contributed by atoms with Crippen LogP contribution in [-0.4, -0.2) is 43.2 Å². The van der Waals surface area contributed by atoms with Gasteiger partial charge in [-0.05, 0) is 50.3 Å². The van der Waals surface area contributed by atoms with E-state index in [1.165, 1.54) is 20.3 Å². The summed E-state index contributed by atoms with van der Waals surface area (Å²) in [5.41, 5.74) is 2.33. The van der Waals surface area contributed by atoms with Crippen LogP contribution in [0.2, 0.25) is 0 Å². The van der Waals surface area contributed by atoms with Gasteiger partial charge in [0.2, 0.25) is 0 Å². The lowest BCUT2D eigenvalue weighted by Gasteiger charge is -2.38. The third-order valence-corrected chi connectivity index (χ3v) is 6.38. The molecule has 1 aromatic carbocycles. The van der Waals surface area contributed by atoms with Gasteiger partial charge in [-0.15, -0.1) is 0 Å². The number of carbonyl (C=O) groups is 3. The number of allylic oxidation sites excluding steroid dienone is 3. The summed E-state index contributed by atoms with van der Waals surface area (Å²) in [5, 5.41) is 13.6. The van der Waals surface area contributed by atoms with Gasteiger partial charge in [-0.3, -0.25) is 9.59 Å². The lowest BCUT2D eigenvalue weighted by Crippen LogP contribution is -2.43. The Kier molecular flexibility index (Phi) is 7.15. The second-order valence-corrected chi connectivity index (χ2v) is 8.59. The van der Waals surface area contributed by atoms with Gasteiger partial charge in [0.25, 0.3) is 0 Å². The van der Waals surface area contributed by atoms with Crippen molar-refractivity contribution in [3.8, 4) is 11.5 Å². The molecule has 1 aliphatic heterocycles. The highest BCUT2D eigenvalue weighted by molar-refractivity contribution is 6.12. The van der Waals surface area contributed by atoms with Crippen LogP contribution in [-0.2, 0) is 23.9 Å². The Balaban J connectivity index is 2.19. The normalized spacial score (nSPS) is 23.5. The molecule has 8 nitrogen and oxygen atoms in total. The lowest BCUT2D eigenvalue weighted by atomic mass is 9.69. The third kappa shape index (κ3) is 4.47. The summed E-state index contributed by atoms with van der Waals surface area (Å²) < 4.78 is 15.7. The van der Waals surface area contributed by atoms with Crippen molar-refractivity contribution in [2.24, 2.45) is 11.8 Å². The van der Waals surface area contributed by atoms with Crippen LogP contribution < -0.4 is 10.1 Å². The molecule has 8 heteroatoms. The summed E-state index contributed by atoms with van der Waals surface area (Å²) >= 11 is 0. The molecule has 0 bridgehead atoms. The number of aromatic hydroxyl groups is 1. The zero-order chi connectivity index (χ0) is 24.4. The molecule has 3 rings (SSSR count). The smallest absolute Gasteiger partial charge is 0.337 e. The van der Waals surface area contributed by atoms with E-state index in [1.54, 1.807) is 26.0 Å². The van der Waals surface area contributed by atoms with Crippen LogP contribution in [0.3, 0.4) is 0 Å². The number of Topliss-reactive ketones (excluding diaryl/α,β-unsaturated/α-hetero) is 1. The minimum absolute atomic E-state index is 0.121. The molecule has 0 saturated heterocycles. The number of ether oxygens (including phenoxy) is 3. The van der Waals surface area contributed by atoms with E-state index in [0.29, 0.717) is 35.4 Å². The first-order valence-corrected chi connectivity index (χ1v) is 11.0. The van der Waals surface area contributed by atoms with Crippen molar-refractivity contribution < 1.29 is 33.7 Å². The van der Waals surface area contributed by atoms with Gasteiger partial charge in [-0.25, -0.2) is 4.79 Å². The summed E-state index contributed by atoms with van der Waals surface area (Å²) in [5.74, 6) is -3.48. The van der Waals surface area contributed by atoms with Gasteiger partial charge in [-0.2, -0.15) is 0 Å². The van der Waals surface area contributed by atoms with E-state index in [4.69, 9.17) is 14.2 Å². The number of phenolic OH excluding ortho intramolecular Hbond substituents is 1. The summed E-state index contributed by atoms with van der Waals surface area (Å²) in [4.78, 5) is 39.4. The molecule has 0 spiro atoms. The number of phenols is 1. The van der Waals surface area contributed by atoms with E-state index in [1.807, 2.05) is 13.8 Å². The van der Waals surface area contributed by atoms with Crippen LogP contribution in [0.1, 0.15) is 52.0 Å². The fourth-order valence-electron chi connectivity index (χ4n) is 4.50. The molecule has 2 aliphatic rings. The van der Waals surface area contributed by atoms with E-state index in [2.05, 4.69) is 5.32 Å². The minimum Gasteiger partial charge on any atom is -0.504 e. The Hall–Kier alpha value is -3.29. The standard InChI is InChI=1S/C25H31NO7/c1-7-13(3)33-25(30)20-14(4)26-16-10-12(2)19(24(29)32-6)23(28)22(16)21(20)15-8-9-18(31-5)17(27)11-15/h8-9,11-13,19,21,26-27H,7,10H2,1-6H3/t12-,13-,19+,21+/m0/s1. The number of benzene rings is 1. The van der Waals surface area contributed by atoms with Crippen molar-refractivity contribution >= 4 is 17.7 Å². The predicted octanol–water partition coefficient (Wildman–Crippen LogP) is 3.36. The molecule has 0 amide bonds. The number of dihydropyridines is 1. The van der Waals surface area contributed by atoms with Crippen molar-refractivity contribution in [3.05, 3.63) is 46.3 Å². The van der Waals surface area contributed by atoms with Crippen LogP contribution in [0.15, 0.2) is 40.7 Å². The van der Waals surface area contributed by atoms with Crippen LogP contribution in [0.25, 0.3) is 0 Å². The van der Waals surface area contributed by atoms with Gasteiger partial charge in [0.1, 0.15) is 5.92 Å². The average molecular weight is 458 g/mol. The molecule has 0 saturated carbocycles. The summed E-state index contributed by atoms with van der Waals surface area (Å²) in [6.45, 7) is 7.29. The van der Waals surface area contributed by atoms with Crippen molar-refractivity contribution in [2.75, 3.05) is 14.2 Å². The molecule has 0 aromatic heterocycles. The van der Waals surface area contributed by atoms with Crippen molar-refractivity contribution in [2.45, 2.75) is 52.6 Å². The second kappa shape index (κ2) is 9.68. The third-order valence-electron chi connectivity index (χ3n) is 6.38. The molecular weight excluding hydrogens is 426 g/mol. The maximum Gasteiger partial charge on any atom is 0.337 e. The number of hydrogen-bond acceptors (Lipinski definition) is 8. The van der Waals surface area contributed by atoms with Crippen molar-refractivity contribution in [1.29, 1.82) is 0 Å². The maximum atomic E-state index is 13.7. The first-order valence-electron chi connectivity index (χ1n) is 11.0. The van der Waals surface area contributed by atoms with E-state index in [0.717, 1.165) is 0 Å². The largest absolute Gasteiger partial charge is 0.504 e. The van der Waals surface area contributed by atoms with Gasteiger partial charge < -0.3 is 24.6 Å². The number of ketones is 1. The minimum atomic E-state index is -0.977. The van der Waals surface area contributed by atoms with E-state index >= 15 is 0 Å². The number of methoxy groups -OCH3 is 2. The van der Waals surface area contributed by atoms with Crippen molar-refractivity contribution in [3.63, 3.8) is 0 Å². The first kappa shape index (κ1) is 24.4. The molecule has 0 unspecified atom stereocenters. The second-order valence-electron chi connectivity index (χ2n) is 8.59. The quantitative estimate of drug-likeness (QED) is 0.494. The first-order chi connectivity index (χ1) is 15.6. The lowest BCUT2D eigenvalue weighted by molar-refractivity contribution is -0.151. The summed E-state index contributed by atoms with van der Waals surface area (Å²) in [7, 11) is 2.69. The molecule has 33 heavy (non-hydrogen) atoms. The number of nitrogens with one attached hydrogen (secondary N) is 1. The van der Waals surface area contributed by atoms with Gasteiger partial charge in [0, 0.05) is 22.9 Å². The molecular formula is C25H31NO7. The summed E-state index contributed by atoms with van der Waals surface area (Å²) in [6, 6.07) is 4.75. The number of hydrogen-bond donors (Lipinski definition) is 2. The summed E-state index contributed by atoms with van der Waals surface area (Å²) in [6.07, 6.45) is 0.752. The van der Waals surface area contributed by atoms with Crippen LogP contribution in [0.4, 0.5) is 0 Å². The fraction of sp³-hybridized carbons (Fsp3) is 0.480. The van der Waals surface area contributed by atoms with E-state index < -0.39 is 29.6 Å². The Bertz CT molecular complexity index is 1040. The predicted molar refractivity (Wildman–Crippen MR) is 120 cm³/mol. The molecule has 1 heterocycles. The van der Waals surface area contributed by atoms with E-state index in [9.17, 15) is 19.5 Å². The van der Waals surface area contributed by atoms with Crippen molar-refractivity contribution in [1.82, 2.24) is 5.32 Å². The highest BCUT2D eigenvalue weighted by Gasteiger charge is 2.47. The average Bonchev–Trinajstić information content (AvgIpc) is 2.77. The van der Waals surface area contributed by atoms with Gasteiger partial charge >= 0.3 is 11.9 Å². The Morgan fingerprint density at radius 2 is 1.97 bits per heavy atom. The van der Waals surface area contributed by atoms with Gasteiger partial charge in [-0.1, -0.05) is 19.9 Å². The molecule has 1 aromatic rings. The number of rotatable bonds is 6. The van der Waals surface area contributed by atoms with Crippen LogP contribution in [0.5, 0.6) is 11.5 Å². The molecule has 4 atom stereocenters. The topological polar surface area (TPSA) is 111 Å². The van der Waals surface area contributed by atoms with Crippen LogP contribution >= 0.6 is 0 Å². The zero-order valence-electron chi connectivity index (χ0n) is 19.9. The zero-order valence-corrected chi connectivity index (χ0v) is 19.9. The molecule has 0 radical (unpaired) electrons. The SMILES string of the molecule is CC[C@H](C)OC(=O)C1=C(C)NC2=C(C(=O)[C@H](C(=O)OC)[C@@H](C)C2)[C@@H]1c1ccc(OC)c(O)c1. The molecule has 1 aliphatic carbocycles. The maximum absolute atomic E-state index is 13.7. The Morgan fingerprint density at radius 1 is 1.27 bits per heavy atom. The number of carbonyl (C=O) groups excluding carboxylic acids is 3. The van der Waals surface area contributed by atoms with E-state index in [-0.39, 0.29) is 29.1 Å². The highest BCUT2D eigenvalue weighted by atomic mass is 16.5. The fourth-order valence-corrected chi connectivity index (χ4v) is 4.50. The highest BCUT2D eigenvalue weighted by Crippen LogP contribution is 2.46. The van der Waals surface area contributed by atoms with Gasteiger partial charge in [0.15, 0.2) is 17.3 Å². The monoisotopic (exact) mass is 457 g/mol. The number of esters is 2. The Labute approximate surface area is 193 Å².